The minimum absolute atomic E-state index is 0.00310. The average molecular weight is 368 g/mol. The molecule has 7 nitrogen and oxygen atoms in total. The fraction of sp³-hybridized carbons (Fsp3) is 0.692. The highest BCUT2D eigenvalue weighted by molar-refractivity contribution is 7.89. The zero-order valence-corrected chi connectivity index (χ0v) is 13.8. The van der Waals surface area contributed by atoms with Gasteiger partial charge in [0.15, 0.2) is 0 Å². The molecule has 0 atom stereocenters. The average Bonchev–Trinajstić information content (AvgIpc) is 2.94. The zero-order valence-electron chi connectivity index (χ0n) is 13.0. The number of sulfonamides is 1. The summed E-state index contributed by atoms with van der Waals surface area (Å²) >= 11 is 0. The molecule has 2 rings (SSSR count). The Hall–Kier alpha value is -1.62. The number of nitrogens with two attached hydrogens (primary N) is 1. The molecule has 1 aromatic rings. The molecule has 1 saturated carbocycles. The Morgan fingerprint density at radius 3 is 2.42 bits per heavy atom. The number of likely N-dealkylation sites (N-methyl/N-ethyl adjacent to an activating group) is 1. The smallest absolute Gasteiger partial charge is 0.341 e. The minimum atomic E-state index is -4.19. The van der Waals surface area contributed by atoms with Crippen LogP contribution in [0.15, 0.2) is 17.3 Å². The molecular weight excluding hydrogens is 349 g/mol. The highest BCUT2D eigenvalue weighted by Gasteiger charge is 2.42. The first-order chi connectivity index (χ1) is 11.0. The van der Waals surface area contributed by atoms with Gasteiger partial charge < -0.3 is 4.90 Å². The fourth-order valence-corrected chi connectivity index (χ4v) is 3.28. The number of halogens is 3. The first-order valence-electron chi connectivity index (χ1n) is 7.36. The number of alkyl halides is 3. The van der Waals surface area contributed by atoms with E-state index in [4.69, 9.17) is 5.14 Å². The number of carbonyl (C=O) groups is 1. The monoisotopic (exact) mass is 368 g/mol. The van der Waals surface area contributed by atoms with Crippen LogP contribution in [0.2, 0.25) is 0 Å². The van der Waals surface area contributed by atoms with Crippen LogP contribution in [0.25, 0.3) is 0 Å². The van der Waals surface area contributed by atoms with Crippen LogP contribution in [-0.2, 0) is 21.4 Å². The van der Waals surface area contributed by atoms with Crippen molar-refractivity contribution in [1.82, 2.24) is 14.7 Å². The van der Waals surface area contributed by atoms with Crippen molar-refractivity contribution in [2.45, 2.75) is 49.3 Å². The van der Waals surface area contributed by atoms with Gasteiger partial charge in [-0.1, -0.05) is 0 Å². The Morgan fingerprint density at radius 2 is 1.96 bits per heavy atom. The van der Waals surface area contributed by atoms with E-state index in [1.165, 1.54) is 11.9 Å². The van der Waals surface area contributed by atoms with Crippen LogP contribution in [0, 0.1) is 5.92 Å². The van der Waals surface area contributed by atoms with E-state index >= 15 is 0 Å². The molecule has 0 bridgehead atoms. The van der Waals surface area contributed by atoms with Gasteiger partial charge in [0.2, 0.25) is 15.9 Å². The number of rotatable bonds is 4. The van der Waals surface area contributed by atoms with Crippen molar-refractivity contribution in [3.05, 3.63) is 12.4 Å². The van der Waals surface area contributed by atoms with Crippen molar-refractivity contribution in [2.24, 2.45) is 11.1 Å². The van der Waals surface area contributed by atoms with Gasteiger partial charge in [0.25, 0.3) is 0 Å². The lowest BCUT2D eigenvalue weighted by Crippen LogP contribution is -2.42. The van der Waals surface area contributed by atoms with Crippen LogP contribution >= 0.6 is 0 Å². The van der Waals surface area contributed by atoms with Crippen molar-refractivity contribution < 1.29 is 26.4 Å². The van der Waals surface area contributed by atoms with Crippen LogP contribution in [0.5, 0.6) is 0 Å². The van der Waals surface area contributed by atoms with E-state index in [-0.39, 0.29) is 49.1 Å². The summed E-state index contributed by atoms with van der Waals surface area (Å²) in [6, 6.07) is -0.260. The number of nitrogens with zero attached hydrogens (tertiary/aromatic N) is 3. The second-order valence-corrected chi connectivity index (χ2v) is 7.53. The third-order valence-electron chi connectivity index (χ3n) is 4.34. The van der Waals surface area contributed by atoms with Crippen LogP contribution in [0.4, 0.5) is 13.2 Å². The molecule has 2 N–H and O–H groups in total. The van der Waals surface area contributed by atoms with Crippen molar-refractivity contribution in [1.29, 1.82) is 0 Å². The van der Waals surface area contributed by atoms with Gasteiger partial charge in [0.1, 0.15) is 11.4 Å². The maximum Gasteiger partial charge on any atom is 0.391 e. The summed E-state index contributed by atoms with van der Waals surface area (Å²) in [5, 5.41) is 8.71. The molecule has 1 fully saturated rings. The Bertz CT molecular complexity index is 694. The van der Waals surface area contributed by atoms with Gasteiger partial charge in [0.05, 0.1) is 12.1 Å². The molecule has 136 valence electrons. The molecule has 1 aliphatic rings. The van der Waals surface area contributed by atoms with E-state index in [1.54, 1.807) is 0 Å². The maximum absolute atomic E-state index is 12.7. The molecule has 24 heavy (non-hydrogen) atoms. The molecule has 1 aliphatic carbocycles. The van der Waals surface area contributed by atoms with Gasteiger partial charge in [-0.3, -0.25) is 9.48 Å². The van der Waals surface area contributed by atoms with E-state index in [1.807, 2.05) is 0 Å². The zero-order chi connectivity index (χ0) is 18.1. The lowest BCUT2D eigenvalue weighted by molar-refractivity contribution is -0.184. The molecule has 0 spiro atoms. The first-order valence-corrected chi connectivity index (χ1v) is 8.90. The number of carbonyl (C=O) groups excluding carboxylic acids is 1. The summed E-state index contributed by atoms with van der Waals surface area (Å²) in [7, 11) is -2.36. The van der Waals surface area contributed by atoms with Crippen LogP contribution in [0.3, 0.4) is 0 Å². The van der Waals surface area contributed by atoms with Crippen LogP contribution in [0.1, 0.15) is 25.7 Å². The summed E-state index contributed by atoms with van der Waals surface area (Å²) in [5.41, 5.74) is 0. The van der Waals surface area contributed by atoms with Gasteiger partial charge in [-0.25, -0.2) is 13.6 Å². The Labute approximate surface area is 137 Å². The van der Waals surface area contributed by atoms with E-state index < -0.39 is 22.1 Å². The van der Waals surface area contributed by atoms with Gasteiger partial charge in [0, 0.05) is 19.3 Å². The lowest BCUT2D eigenvalue weighted by atomic mass is 9.85. The van der Waals surface area contributed by atoms with E-state index in [9.17, 15) is 26.4 Å². The first kappa shape index (κ1) is 18.7. The molecule has 0 radical (unpaired) electrons. The SMILES string of the molecule is CN(C(=O)Cn1cc(S(N)(=O)=O)cn1)C1CCC(C(F)(F)F)CC1. The molecule has 1 aromatic heterocycles. The molecule has 0 unspecified atom stereocenters. The van der Waals surface area contributed by atoms with Crippen molar-refractivity contribution >= 4 is 15.9 Å². The van der Waals surface area contributed by atoms with E-state index in [2.05, 4.69) is 5.10 Å². The maximum atomic E-state index is 12.7. The molecule has 1 heterocycles. The standard InChI is InChI=1S/C13H19F3N4O3S/c1-19(10-4-2-9(3-5-10)13(14,15)16)12(21)8-20-7-11(6-18-20)24(17,22)23/h6-7,9-10H,2-5,8H2,1H3,(H2,17,22,23). The lowest BCUT2D eigenvalue weighted by Gasteiger charge is -2.35. The summed E-state index contributed by atoms with van der Waals surface area (Å²) in [6.45, 7) is -0.203. The van der Waals surface area contributed by atoms with Crippen molar-refractivity contribution in [3.8, 4) is 0 Å². The quantitative estimate of drug-likeness (QED) is 0.861. The van der Waals surface area contributed by atoms with Crippen molar-refractivity contribution in [2.75, 3.05) is 7.05 Å². The summed E-state index contributed by atoms with van der Waals surface area (Å²) < 4.78 is 61.5. The second kappa shape index (κ2) is 6.71. The molecule has 0 saturated heterocycles. The molecule has 0 aromatic carbocycles. The Balaban J connectivity index is 1.92. The number of hydrogen-bond donors (Lipinski definition) is 1. The third-order valence-corrected chi connectivity index (χ3v) is 5.20. The van der Waals surface area contributed by atoms with Crippen LogP contribution < -0.4 is 5.14 Å². The normalized spacial score (nSPS) is 22.4. The predicted molar refractivity (Wildman–Crippen MR) is 78.2 cm³/mol. The minimum Gasteiger partial charge on any atom is -0.341 e. The Kier molecular flexibility index (Phi) is 5.23. The summed E-state index contributed by atoms with van der Waals surface area (Å²) in [4.78, 5) is 13.4. The van der Waals surface area contributed by atoms with Crippen LogP contribution in [-0.4, -0.2) is 48.3 Å². The fourth-order valence-electron chi connectivity index (χ4n) is 2.82. The van der Waals surface area contributed by atoms with Gasteiger partial charge in [-0.15, -0.1) is 0 Å². The second-order valence-electron chi connectivity index (χ2n) is 5.97. The number of primary sulfonamides is 1. The third kappa shape index (κ3) is 4.47. The number of hydrogen-bond acceptors (Lipinski definition) is 4. The molecule has 0 aliphatic heterocycles. The van der Waals surface area contributed by atoms with Gasteiger partial charge in [-0.2, -0.15) is 18.3 Å². The summed E-state index contributed by atoms with van der Waals surface area (Å²) in [6.07, 6.45) is -1.43. The highest BCUT2D eigenvalue weighted by Crippen LogP contribution is 2.38. The number of aromatic nitrogens is 2. The molecule has 11 heteroatoms. The van der Waals surface area contributed by atoms with Gasteiger partial charge in [-0.05, 0) is 25.7 Å². The van der Waals surface area contributed by atoms with Crippen molar-refractivity contribution in [3.63, 3.8) is 0 Å². The molecule has 1 amide bonds. The largest absolute Gasteiger partial charge is 0.391 e. The Morgan fingerprint density at radius 1 is 1.38 bits per heavy atom. The van der Waals surface area contributed by atoms with E-state index in [0.29, 0.717) is 0 Å². The number of amides is 1. The summed E-state index contributed by atoms with van der Waals surface area (Å²) in [5.74, 6) is -1.66. The van der Waals surface area contributed by atoms with E-state index in [0.717, 1.165) is 17.1 Å². The predicted octanol–water partition coefficient (Wildman–Crippen LogP) is 1.11. The highest BCUT2D eigenvalue weighted by atomic mass is 32.2. The molecular formula is C13H19F3N4O3S. The van der Waals surface area contributed by atoms with Gasteiger partial charge >= 0.3 is 6.18 Å². The topological polar surface area (TPSA) is 98.3 Å².